The Balaban J connectivity index is 1.55. The molecule has 2 bridgehead atoms. The van der Waals surface area contributed by atoms with Crippen LogP contribution >= 0.6 is 0 Å². The first-order chi connectivity index (χ1) is 9.24. The van der Waals surface area contributed by atoms with Gasteiger partial charge in [-0.15, -0.1) is 0 Å². The maximum atomic E-state index is 6.01. The van der Waals surface area contributed by atoms with Crippen molar-refractivity contribution in [1.82, 2.24) is 10.4 Å². The summed E-state index contributed by atoms with van der Waals surface area (Å²) >= 11 is 0. The SMILES string of the molecule is CC(C)N1CC2CCCC(C1)C2NOC1CCCC1. The van der Waals surface area contributed by atoms with Crippen molar-refractivity contribution in [3.63, 3.8) is 0 Å². The maximum Gasteiger partial charge on any atom is 0.0790 e. The quantitative estimate of drug-likeness (QED) is 0.792. The maximum absolute atomic E-state index is 6.01. The predicted octanol–water partition coefficient (Wildman–Crippen LogP) is 2.96. The number of nitrogens with zero attached hydrogens (tertiary/aromatic N) is 1. The van der Waals surface area contributed by atoms with Crippen molar-refractivity contribution in [2.75, 3.05) is 13.1 Å². The highest BCUT2D eigenvalue weighted by molar-refractivity contribution is 4.94. The highest BCUT2D eigenvalue weighted by atomic mass is 16.7. The van der Waals surface area contributed by atoms with Crippen LogP contribution in [0.5, 0.6) is 0 Å². The lowest BCUT2D eigenvalue weighted by molar-refractivity contribution is -0.0939. The summed E-state index contributed by atoms with van der Waals surface area (Å²) in [7, 11) is 0. The molecule has 2 aliphatic carbocycles. The van der Waals surface area contributed by atoms with Gasteiger partial charge in [0.2, 0.25) is 0 Å². The minimum absolute atomic E-state index is 0.490. The first-order valence-electron chi connectivity index (χ1n) is 8.39. The monoisotopic (exact) mass is 266 g/mol. The minimum Gasteiger partial charge on any atom is -0.300 e. The average molecular weight is 266 g/mol. The molecule has 1 heterocycles. The van der Waals surface area contributed by atoms with Crippen molar-refractivity contribution < 1.29 is 4.84 Å². The summed E-state index contributed by atoms with van der Waals surface area (Å²) < 4.78 is 0. The summed E-state index contributed by atoms with van der Waals surface area (Å²) in [5, 5.41) is 0. The molecule has 0 aromatic heterocycles. The molecule has 110 valence electrons. The molecule has 2 unspecified atom stereocenters. The standard InChI is InChI=1S/C16H30N2O/c1-12(2)18-10-13-6-5-7-14(11-18)16(13)17-19-15-8-3-4-9-15/h12-17H,3-11H2,1-2H3. The molecule has 3 heteroatoms. The smallest absolute Gasteiger partial charge is 0.0790 e. The van der Waals surface area contributed by atoms with Crippen LogP contribution in [0.3, 0.4) is 0 Å². The Labute approximate surface area is 118 Å². The average Bonchev–Trinajstić information content (AvgIpc) is 2.88. The van der Waals surface area contributed by atoms with Gasteiger partial charge in [-0.2, -0.15) is 5.48 Å². The van der Waals surface area contributed by atoms with E-state index in [4.69, 9.17) is 4.84 Å². The largest absolute Gasteiger partial charge is 0.300 e. The van der Waals surface area contributed by atoms with E-state index < -0.39 is 0 Å². The number of hydrogen-bond donors (Lipinski definition) is 1. The third-order valence-corrected chi connectivity index (χ3v) is 5.51. The van der Waals surface area contributed by atoms with Gasteiger partial charge in [0.25, 0.3) is 0 Å². The lowest BCUT2D eigenvalue weighted by Gasteiger charge is -2.48. The van der Waals surface area contributed by atoms with Gasteiger partial charge in [-0.25, -0.2) is 0 Å². The van der Waals surface area contributed by atoms with Gasteiger partial charge in [0, 0.05) is 25.2 Å². The van der Waals surface area contributed by atoms with Gasteiger partial charge in [0.15, 0.2) is 0 Å². The third-order valence-electron chi connectivity index (χ3n) is 5.51. The van der Waals surface area contributed by atoms with Crippen LogP contribution in [0.15, 0.2) is 0 Å². The molecule has 2 saturated carbocycles. The topological polar surface area (TPSA) is 24.5 Å². The first-order valence-corrected chi connectivity index (χ1v) is 8.39. The highest BCUT2D eigenvalue weighted by Gasteiger charge is 2.40. The van der Waals surface area contributed by atoms with E-state index in [2.05, 4.69) is 24.2 Å². The molecule has 0 spiro atoms. The molecule has 1 N–H and O–H groups in total. The number of likely N-dealkylation sites (tertiary alicyclic amines) is 1. The Morgan fingerprint density at radius 2 is 1.58 bits per heavy atom. The van der Waals surface area contributed by atoms with Gasteiger partial charge in [-0.1, -0.05) is 19.3 Å². The zero-order valence-electron chi connectivity index (χ0n) is 12.6. The number of fused-ring (bicyclic) bond motifs is 2. The second-order valence-electron chi connectivity index (χ2n) is 7.17. The Kier molecular flexibility index (Phi) is 4.45. The molecule has 19 heavy (non-hydrogen) atoms. The van der Waals surface area contributed by atoms with Crippen LogP contribution in [0, 0.1) is 11.8 Å². The van der Waals surface area contributed by atoms with Crippen LogP contribution in [-0.4, -0.2) is 36.2 Å². The van der Waals surface area contributed by atoms with Gasteiger partial charge in [0.05, 0.1) is 6.10 Å². The van der Waals surface area contributed by atoms with E-state index in [9.17, 15) is 0 Å². The van der Waals surface area contributed by atoms with E-state index in [-0.39, 0.29) is 0 Å². The van der Waals surface area contributed by atoms with Crippen molar-refractivity contribution >= 4 is 0 Å². The summed E-state index contributed by atoms with van der Waals surface area (Å²) in [6, 6.07) is 1.31. The van der Waals surface area contributed by atoms with Crippen molar-refractivity contribution in [3.05, 3.63) is 0 Å². The Bertz CT molecular complexity index is 274. The molecular weight excluding hydrogens is 236 g/mol. The van der Waals surface area contributed by atoms with Gasteiger partial charge >= 0.3 is 0 Å². The Morgan fingerprint density at radius 1 is 0.947 bits per heavy atom. The van der Waals surface area contributed by atoms with E-state index in [0.717, 1.165) is 11.8 Å². The number of hydroxylamine groups is 1. The van der Waals surface area contributed by atoms with Gasteiger partial charge in [0.1, 0.15) is 0 Å². The highest BCUT2D eigenvalue weighted by Crippen LogP contribution is 2.36. The van der Waals surface area contributed by atoms with Crippen LogP contribution < -0.4 is 5.48 Å². The summed E-state index contributed by atoms with van der Waals surface area (Å²) in [6.07, 6.45) is 9.89. The fourth-order valence-electron chi connectivity index (χ4n) is 4.27. The van der Waals surface area contributed by atoms with E-state index in [0.29, 0.717) is 18.2 Å². The second kappa shape index (κ2) is 6.11. The number of hydrogen-bond acceptors (Lipinski definition) is 3. The van der Waals surface area contributed by atoms with Gasteiger partial charge < -0.3 is 4.90 Å². The summed E-state index contributed by atoms with van der Waals surface area (Å²) in [4.78, 5) is 8.67. The number of nitrogens with one attached hydrogen (secondary N) is 1. The van der Waals surface area contributed by atoms with E-state index in [1.165, 1.54) is 58.0 Å². The van der Waals surface area contributed by atoms with Crippen molar-refractivity contribution in [2.45, 2.75) is 77.0 Å². The lowest BCUT2D eigenvalue weighted by Crippen LogP contribution is -2.58. The molecule has 2 atom stereocenters. The Morgan fingerprint density at radius 3 is 2.16 bits per heavy atom. The van der Waals surface area contributed by atoms with E-state index >= 15 is 0 Å². The summed E-state index contributed by atoms with van der Waals surface area (Å²) in [5.41, 5.74) is 3.50. The van der Waals surface area contributed by atoms with Gasteiger partial charge in [-0.3, -0.25) is 4.84 Å². The summed E-state index contributed by atoms with van der Waals surface area (Å²) in [5.74, 6) is 1.60. The molecule has 0 aromatic carbocycles. The molecule has 0 amide bonds. The van der Waals surface area contributed by atoms with Crippen LogP contribution in [0.1, 0.15) is 58.8 Å². The fourth-order valence-corrected chi connectivity index (χ4v) is 4.27. The lowest BCUT2D eigenvalue weighted by atomic mass is 9.73. The van der Waals surface area contributed by atoms with E-state index in [1.54, 1.807) is 0 Å². The van der Waals surface area contributed by atoms with E-state index in [1.807, 2.05) is 0 Å². The van der Waals surface area contributed by atoms with Crippen LogP contribution in [0.2, 0.25) is 0 Å². The third kappa shape index (κ3) is 3.14. The zero-order valence-corrected chi connectivity index (χ0v) is 12.6. The minimum atomic E-state index is 0.490. The second-order valence-corrected chi connectivity index (χ2v) is 7.17. The number of piperidine rings is 1. The van der Waals surface area contributed by atoms with Crippen LogP contribution in [-0.2, 0) is 4.84 Å². The number of rotatable bonds is 4. The fraction of sp³-hybridized carbons (Fsp3) is 1.00. The van der Waals surface area contributed by atoms with Crippen LogP contribution in [0.4, 0.5) is 0 Å². The molecular formula is C16H30N2O. The molecule has 3 aliphatic rings. The predicted molar refractivity (Wildman–Crippen MR) is 77.8 cm³/mol. The molecule has 0 aromatic rings. The van der Waals surface area contributed by atoms with Crippen molar-refractivity contribution in [2.24, 2.45) is 11.8 Å². The molecule has 1 saturated heterocycles. The molecule has 1 aliphatic heterocycles. The van der Waals surface area contributed by atoms with Crippen LogP contribution in [0.25, 0.3) is 0 Å². The summed E-state index contributed by atoms with van der Waals surface area (Å²) in [6.45, 7) is 7.19. The van der Waals surface area contributed by atoms with Gasteiger partial charge in [-0.05, 0) is 51.4 Å². The molecule has 3 fully saturated rings. The first kappa shape index (κ1) is 13.8. The Hall–Kier alpha value is -0.120. The van der Waals surface area contributed by atoms with Crippen molar-refractivity contribution in [1.29, 1.82) is 0 Å². The molecule has 3 nitrogen and oxygen atoms in total. The zero-order chi connectivity index (χ0) is 13.2. The molecule has 0 radical (unpaired) electrons. The molecule has 3 rings (SSSR count). The normalized spacial score (nSPS) is 37.1. The van der Waals surface area contributed by atoms with Crippen molar-refractivity contribution in [3.8, 4) is 0 Å².